The molecule has 0 aliphatic carbocycles. The molecule has 0 amide bonds. The minimum absolute atomic E-state index is 0.0909. The van der Waals surface area contributed by atoms with Gasteiger partial charge in [-0.2, -0.15) is 13.2 Å². The van der Waals surface area contributed by atoms with Gasteiger partial charge < -0.3 is 9.84 Å². The first-order valence-corrected chi connectivity index (χ1v) is 5.28. The van der Waals surface area contributed by atoms with Crippen LogP contribution in [0.4, 0.5) is 17.6 Å². The Kier molecular flexibility index (Phi) is 3.30. The Morgan fingerprint density at radius 3 is 2.56 bits per heavy atom. The van der Waals surface area contributed by atoms with E-state index in [0.29, 0.717) is 19.1 Å². The Bertz CT molecular complexity index is 479. The van der Waals surface area contributed by atoms with Gasteiger partial charge in [0.2, 0.25) is 0 Å². The summed E-state index contributed by atoms with van der Waals surface area (Å²) in [5, 5.41) is 9.79. The molecule has 18 heavy (non-hydrogen) atoms. The molecule has 1 aliphatic heterocycles. The summed E-state index contributed by atoms with van der Waals surface area (Å²) < 4.78 is 56.2. The number of rotatable bonds is 2. The first-order valence-electron chi connectivity index (χ1n) is 5.28. The Morgan fingerprint density at radius 2 is 2.00 bits per heavy atom. The maximum atomic E-state index is 13.7. The molecule has 0 fully saturated rings. The molecule has 0 bridgehead atoms. The standard InChI is InChI=1S/C12H10F4O2/c13-10-7(11(17)9-5-2-6-18-9)3-1-4-8(10)12(14,15)16/h1,3-5,11,17H,2,6H2. The van der Waals surface area contributed by atoms with Gasteiger partial charge in [-0.05, 0) is 12.1 Å². The topological polar surface area (TPSA) is 29.5 Å². The molecule has 1 N–H and O–H groups in total. The van der Waals surface area contributed by atoms with Gasteiger partial charge in [0, 0.05) is 12.0 Å². The molecule has 1 atom stereocenters. The van der Waals surface area contributed by atoms with Crippen molar-refractivity contribution in [3.05, 3.63) is 47.0 Å². The van der Waals surface area contributed by atoms with Crippen molar-refractivity contribution in [1.29, 1.82) is 0 Å². The van der Waals surface area contributed by atoms with Crippen LogP contribution in [0.25, 0.3) is 0 Å². The molecular weight excluding hydrogens is 252 g/mol. The summed E-state index contributed by atoms with van der Waals surface area (Å²) in [4.78, 5) is 0. The maximum Gasteiger partial charge on any atom is 0.419 e. The molecule has 1 heterocycles. The molecule has 6 heteroatoms. The fourth-order valence-electron chi connectivity index (χ4n) is 1.76. The highest BCUT2D eigenvalue weighted by atomic mass is 19.4. The van der Waals surface area contributed by atoms with Gasteiger partial charge in [-0.25, -0.2) is 4.39 Å². The lowest BCUT2D eigenvalue weighted by atomic mass is 10.0. The Labute approximate surface area is 100 Å². The lowest BCUT2D eigenvalue weighted by Crippen LogP contribution is -2.12. The Hall–Kier alpha value is -1.56. The van der Waals surface area contributed by atoms with Crippen LogP contribution in [-0.4, -0.2) is 11.7 Å². The highest BCUT2D eigenvalue weighted by molar-refractivity contribution is 5.32. The molecule has 0 saturated carbocycles. The molecule has 1 aliphatic rings. The van der Waals surface area contributed by atoms with Crippen LogP contribution < -0.4 is 0 Å². The van der Waals surface area contributed by atoms with Crippen LogP contribution in [0.5, 0.6) is 0 Å². The molecular formula is C12H10F4O2. The predicted octanol–water partition coefficient (Wildman–Crippen LogP) is 3.18. The number of aliphatic hydroxyl groups excluding tert-OH is 1. The molecule has 1 aromatic carbocycles. The lowest BCUT2D eigenvalue weighted by molar-refractivity contribution is -0.140. The van der Waals surface area contributed by atoms with Gasteiger partial charge in [-0.15, -0.1) is 0 Å². The van der Waals surface area contributed by atoms with Gasteiger partial charge in [0.05, 0.1) is 12.2 Å². The van der Waals surface area contributed by atoms with E-state index in [1.807, 2.05) is 0 Å². The molecule has 0 saturated heterocycles. The number of hydrogen-bond donors (Lipinski definition) is 1. The average molecular weight is 262 g/mol. The van der Waals surface area contributed by atoms with E-state index in [1.54, 1.807) is 0 Å². The van der Waals surface area contributed by atoms with Crippen molar-refractivity contribution in [3.8, 4) is 0 Å². The van der Waals surface area contributed by atoms with Crippen LogP contribution in [0.15, 0.2) is 30.0 Å². The molecule has 1 aromatic rings. The zero-order chi connectivity index (χ0) is 13.3. The third-order valence-corrected chi connectivity index (χ3v) is 2.63. The lowest BCUT2D eigenvalue weighted by Gasteiger charge is -2.16. The number of ether oxygens (including phenoxy) is 1. The monoisotopic (exact) mass is 262 g/mol. The van der Waals surface area contributed by atoms with Gasteiger partial charge in [0.1, 0.15) is 17.7 Å². The number of halogens is 4. The third-order valence-electron chi connectivity index (χ3n) is 2.63. The summed E-state index contributed by atoms with van der Waals surface area (Å²) in [6.45, 7) is 0.340. The summed E-state index contributed by atoms with van der Waals surface area (Å²) in [6, 6.07) is 2.80. The SMILES string of the molecule is OC(C1=CCCO1)c1cccc(C(F)(F)F)c1F. The van der Waals surface area contributed by atoms with Crippen molar-refractivity contribution in [1.82, 2.24) is 0 Å². The van der Waals surface area contributed by atoms with E-state index in [1.165, 1.54) is 6.08 Å². The fraction of sp³-hybridized carbons (Fsp3) is 0.333. The van der Waals surface area contributed by atoms with Crippen LogP contribution in [0.3, 0.4) is 0 Å². The second-order valence-electron chi connectivity index (χ2n) is 3.85. The summed E-state index contributed by atoms with van der Waals surface area (Å²) in [6.07, 6.45) is -4.21. The van der Waals surface area contributed by atoms with Crippen molar-refractivity contribution >= 4 is 0 Å². The quantitative estimate of drug-likeness (QED) is 0.829. The zero-order valence-electron chi connectivity index (χ0n) is 9.17. The fourth-order valence-corrected chi connectivity index (χ4v) is 1.76. The maximum absolute atomic E-state index is 13.7. The van der Waals surface area contributed by atoms with E-state index >= 15 is 0 Å². The van der Waals surface area contributed by atoms with Crippen molar-refractivity contribution in [2.24, 2.45) is 0 Å². The van der Waals surface area contributed by atoms with Gasteiger partial charge in [-0.3, -0.25) is 0 Å². The van der Waals surface area contributed by atoms with Gasteiger partial charge in [0.15, 0.2) is 0 Å². The van der Waals surface area contributed by atoms with Crippen LogP contribution in [-0.2, 0) is 10.9 Å². The number of hydrogen-bond acceptors (Lipinski definition) is 2. The summed E-state index contributed by atoms with van der Waals surface area (Å²) in [5.41, 5.74) is -1.82. The van der Waals surface area contributed by atoms with Crippen LogP contribution in [0, 0.1) is 5.82 Å². The Balaban J connectivity index is 2.40. The third kappa shape index (κ3) is 2.33. The van der Waals surface area contributed by atoms with Crippen molar-refractivity contribution < 1.29 is 27.4 Å². The molecule has 0 radical (unpaired) electrons. The summed E-state index contributed by atoms with van der Waals surface area (Å²) in [7, 11) is 0. The van der Waals surface area contributed by atoms with E-state index in [0.717, 1.165) is 12.1 Å². The Morgan fingerprint density at radius 1 is 1.28 bits per heavy atom. The second kappa shape index (κ2) is 4.61. The molecule has 98 valence electrons. The number of aliphatic hydroxyl groups is 1. The van der Waals surface area contributed by atoms with Gasteiger partial charge in [-0.1, -0.05) is 12.1 Å². The van der Waals surface area contributed by atoms with Crippen molar-refractivity contribution in [2.75, 3.05) is 6.61 Å². The first-order chi connectivity index (χ1) is 8.41. The van der Waals surface area contributed by atoms with E-state index in [4.69, 9.17) is 4.74 Å². The molecule has 0 aromatic heterocycles. The molecule has 0 spiro atoms. The van der Waals surface area contributed by atoms with Crippen LogP contribution in [0.2, 0.25) is 0 Å². The van der Waals surface area contributed by atoms with E-state index < -0.39 is 29.2 Å². The van der Waals surface area contributed by atoms with Crippen molar-refractivity contribution in [3.63, 3.8) is 0 Å². The molecule has 2 nitrogen and oxygen atoms in total. The predicted molar refractivity (Wildman–Crippen MR) is 55.0 cm³/mol. The first kappa shape index (κ1) is 12.9. The smallest absolute Gasteiger partial charge is 0.419 e. The minimum atomic E-state index is -4.79. The normalized spacial score (nSPS) is 17.3. The average Bonchev–Trinajstić information content (AvgIpc) is 2.80. The van der Waals surface area contributed by atoms with Crippen LogP contribution >= 0.6 is 0 Å². The van der Waals surface area contributed by atoms with Gasteiger partial charge >= 0.3 is 6.18 Å². The van der Waals surface area contributed by atoms with E-state index in [-0.39, 0.29) is 5.76 Å². The minimum Gasteiger partial charge on any atom is -0.495 e. The van der Waals surface area contributed by atoms with E-state index in [2.05, 4.69) is 0 Å². The van der Waals surface area contributed by atoms with Crippen molar-refractivity contribution in [2.45, 2.75) is 18.7 Å². The summed E-state index contributed by atoms with van der Waals surface area (Å²) in [5.74, 6) is -1.37. The zero-order valence-corrected chi connectivity index (χ0v) is 9.17. The number of benzene rings is 1. The second-order valence-corrected chi connectivity index (χ2v) is 3.85. The largest absolute Gasteiger partial charge is 0.495 e. The number of alkyl halides is 3. The molecule has 1 unspecified atom stereocenters. The van der Waals surface area contributed by atoms with Crippen LogP contribution in [0.1, 0.15) is 23.7 Å². The highest BCUT2D eigenvalue weighted by Crippen LogP contribution is 2.36. The van der Waals surface area contributed by atoms with Gasteiger partial charge in [0.25, 0.3) is 0 Å². The highest BCUT2D eigenvalue weighted by Gasteiger charge is 2.36. The van der Waals surface area contributed by atoms with E-state index in [9.17, 15) is 22.7 Å². The molecule has 2 rings (SSSR count). The summed E-state index contributed by atoms with van der Waals surface area (Å²) >= 11 is 0.